The lowest BCUT2D eigenvalue weighted by Gasteiger charge is -2.14. The van der Waals surface area contributed by atoms with Gasteiger partial charge >= 0.3 is 0 Å². The summed E-state index contributed by atoms with van der Waals surface area (Å²) in [4.78, 5) is 15.1. The number of benzene rings is 1. The molecule has 0 fully saturated rings. The number of fused-ring (bicyclic) bond motifs is 1. The summed E-state index contributed by atoms with van der Waals surface area (Å²) >= 11 is 0. The molecule has 31 heavy (non-hydrogen) atoms. The molecule has 0 aliphatic heterocycles. The molecule has 0 saturated heterocycles. The van der Waals surface area contributed by atoms with Crippen LogP contribution in [0, 0.1) is 20.8 Å². The predicted octanol–water partition coefficient (Wildman–Crippen LogP) is 3.46. The van der Waals surface area contributed by atoms with Gasteiger partial charge in [0.15, 0.2) is 11.6 Å². The van der Waals surface area contributed by atoms with Gasteiger partial charge in [-0.1, -0.05) is 22.9 Å². The number of amides is 1. The molecule has 0 radical (unpaired) electrons. The average Bonchev–Trinajstić information content (AvgIpc) is 3.30. The van der Waals surface area contributed by atoms with Gasteiger partial charge in [0.1, 0.15) is 11.5 Å². The van der Waals surface area contributed by atoms with E-state index in [0.717, 1.165) is 12.0 Å². The van der Waals surface area contributed by atoms with Crippen molar-refractivity contribution in [3.05, 3.63) is 64.3 Å². The van der Waals surface area contributed by atoms with Gasteiger partial charge < -0.3 is 14.3 Å². The van der Waals surface area contributed by atoms with Crippen LogP contribution < -0.4 is 10.1 Å². The van der Waals surface area contributed by atoms with Crippen molar-refractivity contribution < 1.29 is 22.2 Å². The topological polar surface area (TPSA) is 127 Å². The molecule has 9 nitrogen and oxygen atoms in total. The van der Waals surface area contributed by atoms with Crippen molar-refractivity contribution in [1.82, 2.24) is 9.99 Å². The maximum atomic E-state index is 12.7. The fourth-order valence-electron chi connectivity index (χ4n) is 3.48. The average molecular weight is 442 g/mol. The Morgan fingerprint density at radius 2 is 1.87 bits per heavy atom. The van der Waals surface area contributed by atoms with Crippen LogP contribution in [-0.4, -0.2) is 25.2 Å². The van der Waals surface area contributed by atoms with Crippen LogP contribution in [0.5, 0.6) is 0 Å². The largest absolute Gasteiger partial charge is 0.455 e. The molecule has 3 aromatic rings. The minimum Gasteiger partial charge on any atom is -0.455 e. The number of rotatable bonds is 5. The third-order valence-electron chi connectivity index (χ3n) is 5.03. The van der Waals surface area contributed by atoms with Crippen molar-refractivity contribution in [2.75, 3.05) is 5.32 Å². The van der Waals surface area contributed by atoms with Gasteiger partial charge in [0.2, 0.25) is 0 Å². The van der Waals surface area contributed by atoms with Gasteiger partial charge in [-0.3, -0.25) is 4.79 Å². The SMILES string of the molecule is Cc1ccc(S(=O)(=O)N/N=C2\CCCc3oc(C(=O)Nc4cc(C)on4)c(C)c32)cc1. The Balaban J connectivity index is 1.60. The van der Waals surface area contributed by atoms with E-state index in [0.29, 0.717) is 41.2 Å². The van der Waals surface area contributed by atoms with E-state index >= 15 is 0 Å². The number of nitrogens with zero attached hydrogens (tertiary/aromatic N) is 2. The fourth-order valence-corrected chi connectivity index (χ4v) is 4.31. The van der Waals surface area contributed by atoms with Gasteiger partial charge in [0, 0.05) is 23.6 Å². The zero-order valence-corrected chi connectivity index (χ0v) is 18.2. The molecule has 1 amide bonds. The number of hydrogen-bond donors (Lipinski definition) is 2. The minimum absolute atomic E-state index is 0.130. The van der Waals surface area contributed by atoms with Crippen LogP contribution >= 0.6 is 0 Å². The molecule has 2 aromatic heterocycles. The Hall–Kier alpha value is -3.40. The molecule has 162 valence electrons. The number of anilines is 1. The van der Waals surface area contributed by atoms with Crippen LogP contribution in [0.15, 0.2) is 49.3 Å². The van der Waals surface area contributed by atoms with E-state index in [1.54, 1.807) is 32.0 Å². The molecule has 2 heterocycles. The molecule has 1 aliphatic rings. The summed E-state index contributed by atoms with van der Waals surface area (Å²) in [6.45, 7) is 5.35. The van der Waals surface area contributed by atoms with Crippen molar-refractivity contribution >= 4 is 27.5 Å². The Bertz CT molecular complexity index is 1270. The van der Waals surface area contributed by atoms with Gasteiger partial charge in [0.05, 0.1) is 10.6 Å². The van der Waals surface area contributed by atoms with Crippen LogP contribution in [0.3, 0.4) is 0 Å². The minimum atomic E-state index is -3.81. The number of aryl methyl sites for hydroxylation is 3. The molecule has 4 rings (SSSR count). The second-order valence-corrected chi connectivity index (χ2v) is 9.11. The molecule has 0 spiro atoms. The zero-order chi connectivity index (χ0) is 22.2. The highest BCUT2D eigenvalue weighted by molar-refractivity contribution is 7.89. The highest BCUT2D eigenvalue weighted by atomic mass is 32.2. The first-order valence-corrected chi connectivity index (χ1v) is 11.3. The van der Waals surface area contributed by atoms with Crippen molar-refractivity contribution in [3.8, 4) is 0 Å². The molecule has 10 heteroatoms. The number of aromatic nitrogens is 1. The van der Waals surface area contributed by atoms with E-state index in [4.69, 9.17) is 8.94 Å². The van der Waals surface area contributed by atoms with Crippen molar-refractivity contribution in [1.29, 1.82) is 0 Å². The predicted molar refractivity (Wildman–Crippen MR) is 114 cm³/mol. The number of carbonyl (C=O) groups is 1. The smallest absolute Gasteiger partial charge is 0.292 e. The first kappa shape index (κ1) is 20.9. The Morgan fingerprint density at radius 1 is 1.13 bits per heavy atom. The summed E-state index contributed by atoms with van der Waals surface area (Å²) in [5, 5.41) is 10.6. The quantitative estimate of drug-likeness (QED) is 0.583. The third-order valence-corrected chi connectivity index (χ3v) is 6.26. The molecule has 2 N–H and O–H groups in total. The molecule has 0 saturated carbocycles. The second kappa shape index (κ2) is 8.03. The first-order valence-electron chi connectivity index (χ1n) is 9.77. The van der Waals surface area contributed by atoms with Crippen LogP contribution in [0.1, 0.15) is 51.6 Å². The lowest BCUT2D eigenvalue weighted by molar-refractivity contribution is 0.0993. The summed E-state index contributed by atoms with van der Waals surface area (Å²) in [7, 11) is -3.81. The monoisotopic (exact) mass is 442 g/mol. The number of furan rings is 1. The van der Waals surface area contributed by atoms with E-state index in [1.165, 1.54) is 12.1 Å². The lowest BCUT2D eigenvalue weighted by atomic mass is 9.93. The lowest BCUT2D eigenvalue weighted by Crippen LogP contribution is -2.22. The fraction of sp³-hybridized carbons (Fsp3) is 0.286. The van der Waals surface area contributed by atoms with Gasteiger partial charge in [-0.25, -0.2) is 0 Å². The maximum absolute atomic E-state index is 12.7. The van der Waals surface area contributed by atoms with E-state index in [-0.39, 0.29) is 16.5 Å². The molecular weight excluding hydrogens is 420 g/mol. The highest BCUT2D eigenvalue weighted by Gasteiger charge is 2.28. The summed E-state index contributed by atoms with van der Waals surface area (Å²) in [5.74, 6) is 1.15. The molecular formula is C21H22N4O5S. The van der Waals surface area contributed by atoms with Crippen LogP contribution in [0.2, 0.25) is 0 Å². The number of carbonyl (C=O) groups excluding carboxylic acids is 1. The molecule has 0 bridgehead atoms. The Labute approximate surface area is 179 Å². The third kappa shape index (κ3) is 4.24. The summed E-state index contributed by atoms with van der Waals surface area (Å²) < 4.78 is 35.9. The summed E-state index contributed by atoms with van der Waals surface area (Å²) in [6, 6.07) is 8.11. The maximum Gasteiger partial charge on any atom is 0.292 e. The van der Waals surface area contributed by atoms with Gasteiger partial charge in [-0.05, 0) is 45.7 Å². The first-order chi connectivity index (χ1) is 14.7. The number of nitrogens with one attached hydrogen (secondary N) is 2. The summed E-state index contributed by atoms with van der Waals surface area (Å²) in [6.07, 6.45) is 1.93. The van der Waals surface area contributed by atoms with Crippen molar-refractivity contribution in [2.24, 2.45) is 5.10 Å². The van der Waals surface area contributed by atoms with E-state index in [1.807, 2.05) is 6.92 Å². The molecule has 1 aromatic carbocycles. The van der Waals surface area contributed by atoms with Crippen LogP contribution in [0.25, 0.3) is 0 Å². The summed E-state index contributed by atoms with van der Waals surface area (Å²) in [5.41, 5.74) is 2.76. The molecule has 0 unspecified atom stereocenters. The molecule has 0 atom stereocenters. The Kier molecular flexibility index (Phi) is 5.40. The molecule has 1 aliphatic carbocycles. The van der Waals surface area contributed by atoms with Crippen molar-refractivity contribution in [2.45, 2.75) is 44.9 Å². The van der Waals surface area contributed by atoms with Crippen LogP contribution in [0.4, 0.5) is 5.82 Å². The van der Waals surface area contributed by atoms with Gasteiger partial charge in [-0.15, -0.1) is 0 Å². The van der Waals surface area contributed by atoms with E-state index in [2.05, 4.69) is 20.4 Å². The highest BCUT2D eigenvalue weighted by Crippen LogP contribution is 2.30. The van der Waals surface area contributed by atoms with Crippen molar-refractivity contribution in [3.63, 3.8) is 0 Å². The van der Waals surface area contributed by atoms with E-state index < -0.39 is 15.9 Å². The normalized spacial score (nSPS) is 15.0. The van der Waals surface area contributed by atoms with E-state index in [9.17, 15) is 13.2 Å². The van der Waals surface area contributed by atoms with Gasteiger partial charge in [0.25, 0.3) is 15.9 Å². The van der Waals surface area contributed by atoms with Gasteiger partial charge in [-0.2, -0.15) is 18.4 Å². The van der Waals surface area contributed by atoms with Crippen LogP contribution in [-0.2, 0) is 16.4 Å². The second-order valence-electron chi connectivity index (χ2n) is 7.45. The zero-order valence-electron chi connectivity index (χ0n) is 17.4. The number of hydrazone groups is 1. The Morgan fingerprint density at radius 3 is 2.55 bits per heavy atom. The number of sulfonamides is 1. The standard InChI is InChI=1S/C21H22N4O5S/c1-12-7-9-15(10-8-12)31(27,28)25-23-16-5-4-6-17-19(16)14(3)20(29-17)21(26)22-18-11-13(2)30-24-18/h7-11,25H,4-6H2,1-3H3,(H,22,24,26)/b23-16+. The number of hydrogen-bond acceptors (Lipinski definition) is 7.